The maximum atomic E-state index is 12.9. The molecule has 0 bridgehead atoms. The summed E-state index contributed by atoms with van der Waals surface area (Å²) in [4.78, 5) is 38.3. The summed E-state index contributed by atoms with van der Waals surface area (Å²) in [6, 6.07) is 12.1. The lowest BCUT2D eigenvalue weighted by atomic mass is 9.91. The molecule has 7 nitrogen and oxygen atoms in total. The van der Waals surface area contributed by atoms with Crippen molar-refractivity contribution in [2.24, 2.45) is 0 Å². The Labute approximate surface area is 170 Å². The highest BCUT2D eigenvalue weighted by Gasteiger charge is 2.49. The maximum Gasteiger partial charge on any atom is 0.325 e. The zero-order valence-corrected chi connectivity index (χ0v) is 16.1. The monoisotopic (exact) mass is 416 g/mol. The number of carbonyl (C=O) groups excluding carboxylic acids is 3. The lowest BCUT2D eigenvalue weighted by molar-refractivity contribution is -0.133. The van der Waals surface area contributed by atoms with Gasteiger partial charge in [0.05, 0.1) is 22.3 Å². The van der Waals surface area contributed by atoms with Gasteiger partial charge in [0.1, 0.15) is 12.1 Å². The van der Waals surface area contributed by atoms with E-state index in [9.17, 15) is 14.4 Å². The first-order valence-electron chi connectivity index (χ1n) is 8.14. The topological polar surface area (TPSA) is 102 Å². The van der Waals surface area contributed by atoms with Crippen LogP contribution in [0.2, 0.25) is 10.0 Å². The summed E-state index contributed by atoms with van der Waals surface area (Å²) in [5, 5.41) is 14.7. The molecule has 0 saturated carbocycles. The minimum absolute atomic E-state index is 0.275. The van der Waals surface area contributed by atoms with E-state index in [1.54, 1.807) is 37.3 Å². The van der Waals surface area contributed by atoms with E-state index in [1.165, 1.54) is 12.1 Å². The van der Waals surface area contributed by atoms with Crippen LogP contribution in [0.1, 0.15) is 18.1 Å². The highest BCUT2D eigenvalue weighted by atomic mass is 35.5. The number of halogens is 2. The molecule has 142 valence electrons. The van der Waals surface area contributed by atoms with Gasteiger partial charge in [-0.15, -0.1) is 0 Å². The van der Waals surface area contributed by atoms with Gasteiger partial charge in [0.25, 0.3) is 5.91 Å². The van der Waals surface area contributed by atoms with Gasteiger partial charge in [-0.3, -0.25) is 14.5 Å². The molecule has 4 amide bonds. The molecular formula is C19H14Cl2N4O3. The largest absolute Gasteiger partial charge is 0.325 e. The van der Waals surface area contributed by atoms with Crippen LogP contribution >= 0.6 is 23.2 Å². The highest BCUT2D eigenvalue weighted by molar-refractivity contribution is 6.35. The van der Waals surface area contributed by atoms with Crippen molar-refractivity contribution < 1.29 is 14.4 Å². The maximum absolute atomic E-state index is 12.9. The Morgan fingerprint density at radius 3 is 2.54 bits per heavy atom. The van der Waals surface area contributed by atoms with Crippen LogP contribution in [-0.4, -0.2) is 29.3 Å². The van der Waals surface area contributed by atoms with Crippen LogP contribution in [-0.2, 0) is 15.1 Å². The zero-order chi connectivity index (χ0) is 20.5. The third-order valence-electron chi connectivity index (χ3n) is 4.37. The molecule has 0 aliphatic carbocycles. The van der Waals surface area contributed by atoms with Gasteiger partial charge in [-0.25, -0.2) is 4.79 Å². The van der Waals surface area contributed by atoms with Crippen LogP contribution in [0.25, 0.3) is 0 Å². The number of carbonyl (C=O) groups is 3. The number of imide groups is 1. The van der Waals surface area contributed by atoms with Gasteiger partial charge in [-0.1, -0.05) is 35.3 Å². The molecule has 1 aliphatic rings. The Kier molecular flexibility index (Phi) is 5.27. The predicted molar refractivity (Wildman–Crippen MR) is 104 cm³/mol. The van der Waals surface area contributed by atoms with E-state index in [2.05, 4.69) is 10.6 Å². The van der Waals surface area contributed by atoms with E-state index < -0.39 is 29.9 Å². The second-order valence-corrected chi connectivity index (χ2v) is 7.15. The summed E-state index contributed by atoms with van der Waals surface area (Å²) in [5.41, 5.74) is -0.121. The molecule has 2 aromatic rings. The number of rotatable bonds is 4. The van der Waals surface area contributed by atoms with Crippen molar-refractivity contribution in [3.63, 3.8) is 0 Å². The van der Waals surface area contributed by atoms with Crippen molar-refractivity contribution in [1.82, 2.24) is 10.2 Å². The summed E-state index contributed by atoms with van der Waals surface area (Å²) in [6.07, 6.45) is 0. The molecule has 2 aromatic carbocycles. The number of benzene rings is 2. The predicted octanol–water partition coefficient (Wildman–Crippen LogP) is 3.27. The van der Waals surface area contributed by atoms with E-state index in [-0.39, 0.29) is 10.7 Å². The number of urea groups is 1. The Balaban J connectivity index is 1.77. The molecule has 0 aromatic heterocycles. The van der Waals surface area contributed by atoms with Gasteiger partial charge in [0.15, 0.2) is 0 Å². The van der Waals surface area contributed by atoms with Crippen molar-refractivity contribution >= 4 is 46.7 Å². The van der Waals surface area contributed by atoms with Crippen LogP contribution in [0.15, 0.2) is 42.5 Å². The standard InChI is InChI=1S/C19H14Cl2N4O3/c1-19(12-4-2-11(9-22)3-5-12)17(27)25(18(28)24-19)10-16(26)23-15-8-13(20)6-7-14(15)21/h2-8H,10H2,1H3,(H,23,26)(H,24,28). The van der Waals surface area contributed by atoms with Gasteiger partial charge < -0.3 is 10.6 Å². The fourth-order valence-corrected chi connectivity index (χ4v) is 3.18. The van der Waals surface area contributed by atoms with E-state index in [0.29, 0.717) is 16.1 Å². The molecule has 9 heteroatoms. The third kappa shape index (κ3) is 3.65. The molecule has 0 radical (unpaired) electrons. The van der Waals surface area contributed by atoms with Crippen LogP contribution in [0.4, 0.5) is 10.5 Å². The Hall–Kier alpha value is -3.08. The molecule has 3 rings (SSSR count). The average Bonchev–Trinajstić information content (AvgIpc) is 2.89. The molecule has 1 saturated heterocycles. The van der Waals surface area contributed by atoms with Crippen molar-refractivity contribution in [2.45, 2.75) is 12.5 Å². The minimum atomic E-state index is -1.33. The summed E-state index contributed by atoms with van der Waals surface area (Å²) in [7, 11) is 0. The van der Waals surface area contributed by atoms with Crippen molar-refractivity contribution in [3.8, 4) is 6.07 Å². The number of anilines is 1. The van der Waals surface area contributed by atoms with Crippen molar-refractivity contribution in [3.05, 3.63) is 63.6 Å². The van der Waals surface area contributed by atoms with Gasteiger partial charge in [-0.05, 0) is 42.8 Å². The van der Waals surface area contributed by atoms with Crippen LogP contribution < -0.4 is 10.6 Å². The lowest BCUT2D eigenvalue weighted by Gasteiger charge is -2.22. The van der Waals surface area contributed by atoms with Gasteiger partial charge in [0.2, 0.25) is 5.91 Å². The summed E-state index contributed by atoms with van der Waals surface area (Å²) < 4.78 is 0. The number of nitrogens with one attached hydrogen (secondary N) is 2. The molecule has 1 unspecified atom stereocenters. The van der Waals surface area contributed by atoms with Crippen LogP contribution in [0.5, 0.6) is 0 Å². The van der Waals surface area contributed by atoms with Gasteiger partial charge in [-0.2, -0.15) is 5.26 Å². The second-order valence-electron chi connectivity index (χ2n) is 6.31. The SMILES string of the molecule is CC1(c2ccc(C#N)cc2)NC(=O)N(CC(=O)Nc2cc(Cl)ccc2Cl)C1=O. The molecule has 28 heavy (non-hydrogen) atoms. The molecular weight excluding hydrogens is 403 g/mol. The number of hydrogen-bond donors (Lipinski definition) is 2. The number of amides is 4. The van der Waals surface area contributed by atoms with E-state index in [1.807, 2.05) is 6.07 Å². The zero-order valence-electron chi connectivity index (χ0n) is 14.6. The van der Waals surface area contributed by atoms with E-state index in [4.69, 9.17) is 28.5 Å². The number of hydrogen-bond acceptors (Lipinski definition) is 4. The quantitative estimate of drug-likeness (QED) is 0.746. The lowest BCUT2D eigenvalue weighted by Crippen LogP contribution is -2.42. The summed E-state index contributed by atoms with van der Waals surface area (Å²) in [5.74, 6) is -1.17. The molecule has 1 heterocycles. The van der Waals surface area contributed by atoms with E-state index >= 15 is 0 Å². The fraction of sp³-hybridized carbons (Fsp3) is 0.158. The summed E-state index contributed by atoms with van der Waals surface area (Å²) in [6.45, 7) is 1.06. The van der Waals surface area contributed by atoms with Crippen LogP contribution in [0, 0.1) is 11.3 Å². The molecule has 2 N–H and O–H groups in total. The minimum Gasteiger partial charge on any atom is -0.323 e. The fourth-order valence-electron chi connectivity index (χ4n) is 2.84. The molecule has 1 atom stereocenters. The highest BCUT2D eigenvalue weighted by Crippen LogP contribution is 2.29. The average molecular weight is 417 g/mol. The van der Waals surface area contributed by atoms with E-state index in [0.717, 1.165) is 4.90 Å². The Morgan fingerprint density at radius 1 is 1.21 bits per heavy atom. The summed E-state index contributed by atoms with van der Waals surface area (Å²) >= 11 is 11.9. The first-order valence-corrected chi connectivity index (χ1v) is 8.90. The van der Waals surface area contributed by atoms with Crippen LogP contribution in [0.3, 0.4) is 0 Å². The smallest absolute Gasteiger partial charge is 0.323 e. The second kappa shape index (κ2) is 7.50. The Morgan fingerprint density at radius 2 is 1.89 bits per heavy atom. The van der Waals surface area contributed by atoms with Crippen molar-refractivity contribution in [1.29, 1.82) is 5.26 Å². The normalized spacial score (nSPS) is 18.6. The van der Waals surface area contributed by atoms with Crippen molar-refractivity contribution in [2.75, 3.05) is 11.9 Å². The van der Waals surface area contributed by atoms with Gasteiger partial charge in [0, 0.05) is 5.02 Å². The third-order valence-corrected chi connectivity index (χ3v) is 4.94. The first kappa shape index (κ1) is 19.7. The van der Waals surface area contributed by atoms with Gasteiger partial charge >= 0.3 is 6.03 Å². The molecule has 1 aliphatic heterocycles. The number of nitrogens with zero attached hydrogens (tertiary/aromatic N) is 2. The molecule has 1 fully saturated rings. The first-order chi connectivity index (χ1) is 13.2. The Bertz CT molecular complexity index is 1020. The number of nitriles is 1. The molecule has 0 spiro atoms.